The topological polar surface area (TPSA) is 91.0 Å². The summed E-state index contributed by atoms with van der Waals surface area (Å²) in [5.41, 5.74) is 10.4. The summed E-state index contributed by atoms with van der Waals surface area (Å²) in [6.45, 7) is 0.502. The highest BCUT2D eigenvalue weighted by Gasteiger charge is 1.98. The first-order chi connectivity index (χ1) is 4.33. The van der Waals surface area contributed by atoms with Crippen molar-refractivity contribution in [1.82, 2.24) is 10.1 Å². The van der Waals surface area contributed by atoms with Crippen LogP contribution in [0.5, 0.6) is 0 Å². The zero-order valence-corrected chi connectivity index (χ0v) is 6.10. The van der Waals surface area contributed by atoms with E-state index in [0.29, 0.717) is 18.9 Å². The van der Waals surface area contributed by atoms with E-state index in [2.05, 4.69) is 14.7 Å². The molecule has 1 rings (SSSR count). The maximum Gasteiger partial charge on any atom is 0.260 e. The Morgan fingerprint density at radius 3 is 2.60 bits per heavy atom. The summed E-state index contributed by atoms with van der Waals surface area (Å²) in [4.78, 5) is 3.72. The van der Waals surface area contributed by atoms with Crippen LogP contribution in [0.2, 0.25) is 0 Å². The molecule has 0 aromatic carbocycles. The molecule has 0 atom stereocenters. The Kier molecular flexibility index (Phi) is 3.75. The maximum absolute atomic E-state index is 5.20. The number of nitrogen functional groups attached to an aromatic ring is 1. The molecule has 5 nitrogen and oxygen atoms in total. The lowest BCUT2D eigenvalue weighted by molar-refractivity contribution is 0.380. The average molecular weight is 165 g/mol. The van der Waals surface area contributed by atoms with Crippen molar-refractivity contribution in [1.29, 1.82) is 0 Å². The molecule has 0 radical (unpaired) electrons. The third-order valence-corrected chi connectivity index (χ3v) is 0.842. The van der Waals surface area contributed by atoms with Crippen LogP contribution in [-0.2, 0) is 6.42 Å². The van der Waals surface area contributed by atoms with Gasteiger partial charge in [-0.3, -0.25) is 0 Å². The fraction of sp³-hybridized carbons (Fsp3) is 0.500. The number of nitrogens with two attached hydrogens (primary N) is 2. The Morgan fingerprint density at radius 1 is 1.50 bits per heavy atom. The summed E-state index contributed by atoms with van der Waals surface area (Å²) in [7, 11) is 0. The van der Waals surface area contributed by atoms with Gasteiger partial charge in [0, 0.05) is 13.0 Å². The minimum atomic E-state index is 0. The van der Waals surface area contributed by atoms with E-state index in [-0.39, 0.29) is 18.4 Å². The summed E-state index contributed by atoms with van der Waals surface area (Å²) in [5, 5.41) is 3.37. The van der Waals surface area contributed by atoms with Crippen molar-refractivity contribution in [2.45, 2.75) is 6.42 Å². The summed E-state index contributed by atoms with van der Waals surface area (Å²) < 4.78 is 4.64. The lowest BCUT2D eigenvalue weighted by Crippen LogP contribution is -2.02. The predicted molar refractivity (Wildman–Crippen MR) is 38.7 cm³/mol. The fourth-order valence-corrected chi connectivity index (χ4v) is 0.493. The fourth-order valence-electron chi connectivity index (χ4n) is 0.493. The number of aromatic nitrogens is 2. The monoisotopic (exact) mass is 164 g/mol. The lowest BCUT2D eigenvalue weighted by atomic mass is 10.4. The van der Waals surface area contributed by atoms with E-state index in [4.69, 9.17) is 11.5 Å². The molecule has 0 aliphatic carbocycles. The van der Waals surface area contributed by atoms with Gasteiger partial charge < -0.3 is 16.0 Å². The van der Waals surface area contributed by atoms with Crippen LogP contribution in [0.25, 0.3) is 0 Å². The van der Waals surface area contributed by atoms with Gasteiger partial charge in [-0.1, -0.05) is 0 Å². The molecule has 0 aliphatic rings. The van der Waals surface area contributed by atoms with Crippen LogP contribution in [0.4, 0.5) is 5.95 Å². The van der Waals surface area contributed by atoms with Gasteiger partial charge in [0.25, 0.3) is 5.95 Å². The molecule has 0 saturated heterocycles. The minimum absolute atomic E-state index is 0. The van der Waals surface area contributed by atoms with Crippen molar-refractivity contribution in [3.05, 3.63) is 5.89 Å². The smallest absolute Gasteiger partial charge is 0.260 e. The third-order valence-electron chi connectivity index (χ3n) is 0.842. The molecule has 4 N–H and O–H groups in total. The summed E-state index contributed by atoms with van der Waals surface area (Å²) in [6, 6.07) is 0. The number of hydrogen-bond acceptors (Lipinski definition) is 5. The highest BCUT2D eigenvalue weighted by molar-refractivity contribution is 5.85. The van der Waals surface area contributed by atoms with Crippen LogP contribution in [0.3, 0.4) is 0 Å². The molecule has 58 valence electrons. The number of anilines is 1. The van der Waals surface area contributed by atoms with Gasteiger partial charge >= 0.3 is 0 Å². The van der Waals surface area contributed by atoms with Gasteiger partial charge in [0.15, 0.2) is 0 Å². The molecule has 10 heavy (non-hydrogen) atoms. The Bertz CT molecular complexity index is 189. The first-order valence-corrected chi connectivity index (χ1v) is 2.61. The van der Waals surface area contributed by atoms with Gasteiger partial charge in [0.1, 0.15) is 0 Å². The van der Waals surface area contributed by atoms with E-state index >= 15 is 0 Å². The number of rotatable bonds is 2. The average Bonchev–Trinajstić information content (AvgIpc) is 2.17. The second kappa shape index (κ2) is 4.08. The lowest BCUT2D eigenvalue weighted by Gasteiger charge is -1.82. The second-order valence-corrected chi connectivity index (χ2v) is 1.58. The molecule has 6 heteroatoms. The Balaban J connectivity index is 0.000000810. The molecule has 1 aromatic rings. The van der Waals surface area contributed by atoms with Crippen LogP contribution in [0.1, 0.15) is 5.89 Å². The van der Waals surface area contributed by atoms with Crippen molar-refractivity contribution < 1.29 is 4.52 Å². The SMILES string of the molecule is Cl.NCCc1nc(N)no1. The van der Waals surface area contributed by atoms with Gasteiger partial charge in [-0.15, -0.1) is 12.4 Å². The molecule has 0 bridgehead atoms. The highest BCUT2D eigenvalue weighted by atomic mass is 35.5. The van der Waals surface area contributed by atoms with E-state index in [1.807, 2.05) is 0 Å². The number of hydrogen-bond donors (Lipinski definition) is 2. The largest absolute Gasteiger partial charge is 0.365 e. The van der Waals surface area contributed by atoms with Crippen LogP contribution in [-0.4, -0.2) is 16.7 Å². The van der Waals surface area contributed by atoms with Crippen LogP contribution in [0, 0.1) is 0 Å². The second-order valence-electron chi connectivity index (χ2n) is 1.58. The van der Waals surface area contributed by atoms with Crippen LogP contribution < -0.4 is 11.5 Å². The van der Waals surface area contributed by atoms with Gasteiger partial charge in [-0.2, -0.15) is 4.98 Å². The van der Waals surface area contributed by atoms with Crippen molar-refractivity contribution in [2.75, 3.05) is 12.3 Å². The Morgan fingerprint density at radius 2 is 2.20 bits per heavy atom. The van der Waals surface area contributed by atoms with E-state index in [1.165, 1.54) is 0 Å². The quantitative estimate of drug-likeness (QED) is 0.619. The number of nitrogens with zero attached hydrogens (tertiary/aromatic N) is 2. The number of halogens is 1. The Hall–Kier alpha value is -0.810. The summed E-state index contributed by atoms with van der Waals surface area (Å²) in [5.74, 6) is 0.661. The first kappa shape index (κ1) is 9.19. The predicted octanol–water partition coefficient (Wildman–Crippen LogP) is -0.425. The van der Waals surface area contributed by atoms with Crippen molar-refractivity contribution >= 4 is 18.4 Å². The van der Waals surface area contributed by atoms with Gasteiger partial charge in [0.2, 0.25) is 5.89 Å². The molecule has 0 amide bonds. The molecule has 1 heterocycles. The van der Waals surface area contributed by atoms with Gasteiger partial charge in [0.05, 0.1) is 0 Å². The first-order valence-electron chi connectivity index (χ1n) is 2.61. The van der Waals surface area contributed by atoms with Gasteiger partial charge in [-0.25, -0.2) is 0 Å². The van der Waals surface area contributed by atoms with E-state index in [0.717, 1.165) is 0 Å². The molecule has 1 aromatic heterocycles. The van der Waals surface area contributed by atoms with Gasteiger partial charge in [-0.05, 0) is 5.16 Å². The van der Waals surface area contributed by atoms with E-state index in [9.17, 15) is 0 Å². The Labute approximate surface area is 64.2 Å². The zero-order chi connectivity index (χ0) is 6.69. The molecule has 0 saturated carbocycles. The molecular weight excluding hydrogens is 156 g/mol. The van der Waals surface area contributed by atoms with E-state index < -0.39 is 0 Å². The standard InChI is InChI=1S/C4H8N4O.ClH/c5-2-1-3-7-4(6)8-9-3;/h1-2,5H2,(H2,6,8);1H. The van der Waals surface area contributed by atoms with Crippen LogP contribution >= 0.6 is 12.4 Å². The van der Waals surface area contributed by atoms with E-state index in [1.54, 1.807) is 0 Å². The highest BCUT2D eigenvalue weighted by Crippen LogP contribution is 1.96. The third kappa shape index (κ3) is 2.20. The van der Waals surface area contributed by atoms with Crippen LogP contribution in [0.15, 0.2) is 4.52 Å². The molecule has 0 spiro atoms. The van der Waals surface area contributed by atoms with Crippen molar-refractivity contribution in [3.8, 4) is 0 Å². The molecular formula is C4H9ClN4O. The zero-order valence-electron chi connectivity index (χ0n) is 5.28. The molecule has 0 aliphatic heterocycles. The summed E-state index contributed by atoms with van der Waals surface area (Å²) in [6.07, 6.45) is 0.587. The summed E-state index contributed by atoms with van der Waals surface area (Å²) >= 11 is 0. The molecule has 0 unspecified atom stereocenters. The van der Waals surface area contributed by atoms with Crippen molar-refractivity contribution in [3.63, 3.8) is 0 Å². The van der Waals surface area contributed by atoms with Crippen molar-refractivity contribution in [2.24, 2.45) is 5.73 Å². The minimum Gasteiger partial charge on any atom is -0.365 e. The normalized spacial score (nSPS) is 8.90. The molecule has 0 fully saturated rings. The maximum atomic E-state index is 5.20.